The van der Waals surface area contributed by atoms with Gasteiger partial charge in [-0.2, -0.15) is 4.31 Å². The number of sulfone groups is 1. The van der Waals surface area contributed by atoms with Crippen LogP contribution in [-0.2, 0) is 43.7 Å². The molecule has 0 amide bonds. The van der Waals surface area contributed by atoms with Crippen molar-refractivity contribution >= 4 is 77.9 Å². The molecule has 1 aliphatic heterocycles. The molecular formula is C28H32Cl2N2O11S3. The number of nitrogens with zero attached hydrogens (tertiary/aromatic N) is 1. The SMILES string of the molecule is C=C(CC)C(=O)c1ccc(OCC(=O)OC(C)C(=O)OCC(=O)CS(=O)(=O)c2cc3c(s2)S(=O)(=O)N(C)C[C@@H]3NCC)c(Cl)c1Cl. The van der Waals surface area contributed by atoms with Crippen LogP contribution in [0.3, 0.4) is 0 Å². The minimum absolute atomic E-state index is 0.0299. The fourth-order valence-corrected chi connectivity index (χ4v) is 9.56. The molecule has 0 fully saturated rings. The zero-order valence-electron chi connectivity index (χ0n) is 25.3. The number of esters is 2. The third-order valence-electron chi connectivity index (χ3n) is 6.67. The van der Waals surface area contributed by atoms with Crippen molar-refractivity contribution in [3.63, 3.8) is 0 Å². The number of carbonyl (C=O) groups excluding carboxylic acids is 4. The molecule has 0 radical (unpaired) electrons. The Morgan fingerprint density at radius 1 is 1.15 bits per heavy atom. The quantitative estimate of drug-likeness (QED) is 0.160. The number of carbonyl (C=O) groups is 4. The van der Waals surface area contributed by atoms with Gasteiger partial charge in [-0.1, -0.05) is 43.6 Å². The van der Waals surface area contributed by atoms with Crippen LogP contribution >= 0.6 is 34.5 Å². The van der Waals surface area contributed by atoms with Crippen LogP contribution in [0.2, 0.25) is 10.0 Å². The van der Waals surface area contributed by atoms with E-state index in [1.807, 2.05) is 6.92 Å². The largest absolute Gasteiger partial charge is 0.480 e. The number of nitrogens with one attached hydrogen (secondary N) is 1. The highest BCUT2D eigenvalue weighted by Crippen LogP contribution is 2.40. The molecule has 2 aromatic rings. The third-order valence-corrected chi connectivity index (χ3v) is 13.3. The minimum Gasteiger partial charge on any atom is -0.480 e. The number of allylic oxidation sites excluding steroid dienone is 1. The maximum absolute atomic E-state index is 13.0. The van der Waals surface area contributed by atoms with E-state index in [0.717, 1.165) is 4.31 Å². The van der Waals surface area contributed by atoms with Gasteiger partial charge in [0.25, 0.3) is 10.0 Å². The molecule has 0 spiro atoms. The molecule has 46 heavy (non-hydrogen) atoms. The van der Waals surface area contributed by atoms with Gasteiger partial charge in [0.1, 0.15) is 24.9 Å². The molecule has 18 heteroatoms. The molecule has 0 saturated heterocycles. The van der Waals surface area contributed by atoms with E-state index in [0.29, 0.717) is 35.4 Å². The highest BCUT2D eigenvalue weighted by Gasteiger charge is 2.38. The molecule has 252 valence electrons. The summed E-state index contributed by atoms with van der Waals surface area (Å²) in [5.41, 5.74) is 0.738. The Balaban J connectivity index is 1.54. The first-order chi connectivity index (χ1) is 21.4. The van der Waals surface area contributed by atoms with Gasteiger partial charge in [0.2, 0.25) is 0 Å². The molecule has 1 aromatic heterocycles. The molecule has 1 aliphatic rings. The number of likely N-dealkylation sites (N-methyl/N-ethyl adjacent to an activating group) is 2. The van der Waals surface area contributed by atoms with Crippen LogP contribution in [0, 0.1) is 0 Å². The van der Waals surface area contributed by atoms with Gasteiger partial charge in [0.15, 0.2) is 40.7 Å². The second-order valence-corrected chi connectivity index (χ2v) is 16.3. The van der Waals surface area contributed by atoms with E-state index in [9.17, 15) is 36.0 Å². The lowest BCUT2D eigenvalue weighted by molar-refractivity contribution is -0.168. The van der Waals surface area contributed by atoms with Crippen molar-refractivity contribution in [2.75, 3.05) is 39.1 Å². The van der Waals surface area contributed by atoms with E-state index in [4.69, 9.17) is 37.4 Å². The Bertz CT molecular complexity index is 1770. The van der Waals surface area contributed by atoms with E-state index < -0.39 is 74.5 Å². The molecule has 2 atom stereocenters. The normalized spacial score (nSPS) is 16.6. The van der Waals surface area contributed by atoms with Crippen molar-refractivity contribution in [1.82, 2.24) is 9.62 Å². The van der Waals surface area contributed by atoms with Crippen molar-refractivity contribution in [3.8, 4) is 5.75 Å². The number of benzene rings is 1. The van der Waals surface area contributed by atoms with Crippen molar-refractivity contribution in [3.05, 3.63) is 51.5 Å². The fourth-order valence-electron chi connectivity index (χ4n) is 4.16. The number of ketones is 2. The van der Waals surface area contributed by atoms with Crippen LogP contribution in [0.4, 0.5) is 0 Å². The fraction of sp³-hybridized carbons (Fsp3) is 0.429. The average molecular weight is 740 g/mol. The van der Waals surface area contributed by atoms with E-state index in [2.05, 4.69) is 11.9 Å². The summed E-state index contributed by atoms with van der Waals surface area (Å²) < 4.78 is 67.2. The molecule has 1 N–H and O–H groups in total. The number of hydrogen-bond donors (Lipinski definition) is 1. The summed E-state index contributed by atoms with van der Waals surface area (Å²) in [4.78, 5) is 49.4. The van der Waals surface area contributed by atoms with Crippen LogP contribution in [0.5, 0.6) is 5.75 Å². The van der Waals surface area contributed by atoms with Gasteiger partial charge >= 0.3 is 11.9 Å². The van der Waals surface area contributed by atoms with E-state index in [1.165, 1.54) is 32.2 Å². The Morgan fingerprint density at radius 2 is 1.83 bits per heavy atom. The Morgan fingerprint density at radius 3 is 2.46 bits per heavy atom. The average Bonchev–Trinajstić information content (AvgIpc) is 3.47. The summed E-state index contributed by atoms with van der Waals surface area (Å²) in [6.07, 6.45) is -1.08. The van der Waals surface area contributed by atoms with Crippen molar-refractivity contribution in [2.45, 2.75) is 47.8 Å². The monoisotopic (exact) mass is 738 g/mol. The minimum atomic E-state index is -4.28. The van der Waals surface area contributed by atoms with Crippen LogP contribution in [0.25, 0.3) is 0 Å². The van der Waals surface area contributed by atoms with Crippen molar-refractivity contribution < 1.29 is 50.2 Å². The summed E-state index contributed by atoms with van der Waals surface area (Å²) >= 11 is 12.9. The van der Waals surface area contributed by atoms with Gasteiger partial charge in [-0.3, -0.25) is 9.59 Å². The number of thiophene rings is 1. The summed E-state index contributed by atoms with van der Waals surface area (Å²) in [7, 11) is -6.79. The second kappa shape index (κ2) is 15.4. The number of rotatable bonds is 15. The van der Waals surface area contributed by atoms with Gasteiger partial charge in [0.05, 0.1) is 5.02 Å². The number of Topliss-reactive ketones (excluding diaryl/α,β-unsaturated/α-hetero) is 2. The van der Waals surface area contributed by atoms with Crippen LogP contribution in [-0.4, -0.2) is 89.9 Å². The lowest BCUT2D eigenvalue weighted by Crippen LogP contribution is -2.40. The lowest BCUT2D eigenvalue weighted by atomic mass is 10.0. The van der Waals surface area contributed by atoms with Crippen LogP contribution in [0.1, 0.15) is 49.2 Å². The zero-order valence-corrected chi connectivity index (χ0v) is 29.2. The van der Waals surface area contributed by atoms with Gasteiger partial charge < -0.3 is 19.5 Å². The summed E-state index contributed by atoms with van der Waals surface area (Å²) in [6.45, 7) is 7.40. The molecule has 0 saturated carbocycles. The number of fused-ring (bicyclic) bond motifs is 1. The van der Waals surface area contributed by atoms with Gasteiger partial charge in [-0.25, -0.2) is 26.4 Å². The molecule has 0 bridgehead atoms. The predicted octanol–water partition coefficient (Wildman–Crippen LogP) is 3.39. The van der Waals surface area contributed by atoms with Gasteiger partial charge in [-0.05, 0) is 43.7 Å². The Kier molecular flexibility index (Phi) is 12.6. The summed E-state index contributed by atoms with van der Waals surface area (Å²) in [6, 6.07) is 3.51. The summed E-state index contributed by atoms with van der Waals surface area (Å²) in [5, 5.41) is 2.90. The molecule has 13 nitrogen and oxygen atoms in total. The van der Waals surface area contributed by atoms with Crippen molar-refractivity contribution in [2.24, 2.45) is 0 Å². The molecule has 0 aliphatic carbocycles. The van der Waals surface area contributed by atoms with E-state index >= 15 is 0 Å². The second-order valence-electron chi connectivity index (χ2n) is 10.1. The topological polar surface area (TPSA) is 180 Å². The number of halogens is 2. The predicted molar refractivity (Wildman–Crippen MR) is 170 cm³/mol. The lowest BCUT2D eigenvalue weighted by Gasteiger charge is -2.29. The van der Waals surface area contributed by atoms with Crippen LogP contribution in [0.15, 0.2) is 38.8 Å². The molecule has 1 aromatic carbocycles. The van der Waals surface area contributed by atoms with E-state index in [1.54, 1.807) is 6.92 Å². The van der Waals surface area contributed by atoms with Gasteiger partial charge in [-0.15, -0.1) is 11.3 Å². The highest BCUT2D eigenvalue weighted by atomic mass is 35.5. The van der Waals surface area contributed by atoms with Crippen molar-refractivity contribution in [1.29, 1.82) is 0 Å². The zero-order chi connectivity index (χ0) is 34.6. The molecule has 2 heterocycles. The maximum Gasteiger partial charge on any atom is 0.347 e. The number of sulfonamides is 1. The van der Waals surface area contributed by atoms with E-state index in [-0.39, 0.29) is 36.3 Å². The first kappa shape index (κ1) is 37.6. The first-order valence-electron chi connectivity index (χ1n) is 13.7. The maximum atomic E-state index is 13.0. The summed E-state index contributed by atoms with van der Waals surface area (Å²) in [5.74, 6) is -4.60. The highest BCUT2D eigenvalue weighted by molar-refractivity contribution is 7.95. The number of ether oxygens (including phenoxy) is 3. The molecule has 1 unspecified atom stereocenters. The molecular weight excluding hydrogens is 707 g/mol. The third kappa shape index (κ3) is 8.53. The molecule has 3 rings (SSSR count). The van der Waals surface area contributed by atoms with Gasteiger partial charge in [0, 0.05) is 30.8 Å². The standard InChI is InChI=1S/C28H32Cl2N2O11S3/c1-6-15(3)26(35)18-8-9-21(25(30)24(18)29)41-13-22(34)43-16(4)27(36)42-12-17(33)14-45(37,38)23-10-19-20(31-7-2)11-32(5)46(39,40)28(19)44-23/h8-10,16,20,31H,3,6-7,11-14H2,1-2,4-5H3/t16?,20-/m0/s1. The number of hydrogen-bond acceptors (Lipinski definition) is 13. The smallest absolute Gasteiger partial charge is 0.347 e. The Hall–Kier alpha value is -2.86. The first-order valence-corrected chi connectivity index (χ1v) is 18.4. The Labute approximate surface area is 280 Å². The van der Waals surface area contributed by atoms with Crippen LogP contribution < -0.4 is 10.1 Å².